The lowest BCUT2D eigenvalue weighted by atomic mass is 9.37. The Labute approximate surface area is 197 Å². The maximum atomic E-state index is 13.8. The summed E-state index contributed by atoms with van der Waals surface area (Å²) in [5.41, 5.74) is 0.356. The summed E-state index contributed by atoms with van der Waals surface area (Å²) in [6.07, 6.45) is 4.32. The van der Waals surface area contributed by atoms with Crippen LogP contribution in [0.1, 0.15) is 82.6 Å². The molecule has 3 fully saturated rings. The highest BCUT2D eigenvalue weighted by Crippen LogP contribution is 2.69. The molecule has 0 aromatic heterocycles. The van der Waals surface area contributed by atoms with Gasteiger partial charge in [0.05, 0.1) is 18.8 Å². The second kappa shape index (κ2) is 7.07. The average molecular weight is 455 g/mol. The zero-order valence-corrected chi connectivity index (χ0v) is 20.9. The maximum absolute atomic E-state index is 13.8. The van der Waals surface area contributed by atoms with Crippen LogP contribution in [0.3, 0.4) is 0 Å². The molecular weight excluding hydrogens is 416 g/mol. The molecule has 0 bridgehead atoms. The molecule has 5 nitrogen and oxygen atoms in total. The molecule has 33 heavy (non-hydrogen) atoms. The Bertz CT molecular complexity index is 1010. The smallest absolute Gasteiger partial charge is 0.337 e. The predicted octanol–water partition coefficient (Wildman–Crippen LogP) is 4.98. The Morgan fingerprint density at radius 1 is 1.09 bits per heavy atom. The number of fused-ring (bicyclic) bond motifs is 6. The number of ketones is 1. The molecule has 5 heteroatoms. The molecule has 180 valence electrons. The summed E-state index contributed by atoms with van der Waals surface area (Å²) in [5.74, 6) is 1.04. The quantitative estimate of drug-likeness (QED) is 0.606. The van der Waals surface area contributed by atoms with Crippen LogP contribution in [0.15, 0.2) is 18.2 Å². The Hall–Kier alpha value is -1.88. The highest BCUT2D eigenvalue weighted by Gasteiger charge is 2.69. The summed E-state index contributed by atoms with van der Waals surface area (Å²) in [7, 11) is 1.39. The molecule has 1 N–H and O–H groups in total. The number of aliphatic hydroxyl groups excluding tert-OH is 1. The number of methoxy groups -OCH3 is 1. The maximum Gasteiger partial charge on any atom is 0.337 e. The van der Waals surface area contributed by atoms with Gasteiger partial charge in [-0.05, 0) is 79.5 Å². The van der Waals surface area contributed by atoms with E-state index >= 15 is 0 Å². The topological polar surface area (TPSA) is 72.8 Å². The van der Waals surface area contributed by atoms with Gasteiger partial charge in [-0.15, -0.1) is 0 Å². The van der Waals surface area contributed by atoms with E-state index in [9.17, 15) is 14.7 Å². The minimum atomic E-state index is -0.462. The van der Waals surface area contributed by atoms with Crippen molar-refractivity contribution in [2.45, 2.75) is 84.8 Å². The first-order valence-corrected chi connectivity index (χ1v) is 12.5. The molecule has 1 aliphatic heterocycles. The summed E-state index contributed by atoms with van der Waals surface area (Å²) in [5, 5.41) is 11.4. The van der Waals surface area contributed by atoms with Crippen LogP contribution in [-0.4, -0.2) is 35.7 Å². The van der Waals surface area contributed by atoms with Crippen molar-refractivity contribution < 1.29 is 24.2 Å². The summed E-state index contributed by atoms with van der Waals surface area (Å²) < 4.78 is 11.6. The number of Topliss-reactive ketones (excluding diaryl/α,β-unsaturated/α-hetero) is 1. The zero-order chi connectivity index (χ0) is 24.0. The van der Waals surface area contributed by atoms with Crippen molar-refractivity contribution >= 4 is 11.8 Å². The number of esters is 1. The Morgan fingerprint density at radius 3 is 2.52 bits per heavy atom. The van der Waals surface area contributed by atoms with Crippen molar-refractivity contribution in [1.82, 2.24) is 0 Å². The van der Waals surface area contributed by atoms with Gasteiger partial charge in [-0.25, -0.2) is 4.79 Å². The van der Waals surface area contributed by atoms with Gasteiger partial charge in [0.2, 0.25) is 0 Å². The molecule has 7 atom stereocenters. The fraction of sp³-hybridized carbons (Fsp3) is 0.714. The Balaban J connectivity index is 1.59. The summed E-state index contributed by atoms with van der Waals surface area (Å²) in [4.78, 5) is 26.0. The lowest BCUT2D eigenvalue weighted by molar-refractivity contribution is -0.229. The van der Waals surface area contributed by atoms with Crippen LogP contribution in [0.25, 0.3) is 0 Å². The number of hydrogen-bond acceptors (Lipinski definition) is 5. The third-order valence-corrected chi connectivity index (χ3v) is 10.3. The van der Waals surface area contributed by atoms with Crippen molar-refractivity contribution in [3.63, 3.8) is 0 Å². The van der Waals surface area contributed by atoms with Gasteiger partial charge < -0.3 is 14.6 Å². The average Bonchev–Trinajstić information content (AvgIpc) is 2.74. The van der Waals surface area contributed by atoms with Crippen LogP contribution in [0.5, 0.6) is 5.75 Å². The third-order valence-electron chi connectivity index (χ3n) is 10.3. The minimum Gasteiger partial charge on any atom is -0.487 e. The van der Waals surface area contributed by atoms with E-state index in [2.05, 4.69) is 34.6 Å². The van der Waals surface area contributed by atoms with E-state index in [1.807, 2.05) is 12.1 Å². The first-order chi connectivity index (χ1) is 15.4. The second-order valence-corrected chi connectivity index (χ2v) is 12.6. The molecule has 3 aliphatic carbocycles. The lowest BCUT2D eigenvalue weighted by Gasteiger charge is -2.68. The first kappa shape index (κ1) is 22.9. The molecule has 0 amide bonds. The summed E-state index contributed by atoms with van der Waals surface area (Å²) in [6, 6.07) is 5.54. The number of aliphatic hydroxyl groups is 1. The normalized spacial score (nSPS) is 43.3. The highest BCUT2D eigenvalue weighted by molar-refractivity contribution is 5.90. The van der Waals surface area contributed by atoms with E-state index in [0.717, 1.165) is 43.4 Å². The number of benzene rings is 1. The largest absolute Gasteiger partial charge is 0.487 e. The Morgan fingerprint density at radius 2 is 1.82 bits per heavy atom. The fourth-order valence-corrected chi connectivity index (χ4v) is 8.96. The van der Waals surface area contributed by atoms with E-state index < -0.39 is 11.5 Å². The first-order valence-electron chi connectivity index (χ1n) is 12.5. The molecule has 0 unspecified atom stereocenters. The minimum absolute atomic E-state index is 0.0990. The van der Waals surface area contributed by atoms with Crippen LogP contribution in [-0.2, 0) is 16.0 Å². The van der Waals surface area contributed by atoms with Gasteiger partial charge in [-0.2, -0.15) is 0 Å². The van der Waals surface area contributed by atoms with E-state index in [1.54, 1.807) is 6.07 Å². The van der Waals surface area contributed by atoms with E-state index in [4.69, 9.17) is 9.47 Å². The number of hydrogen-bond donors (Lipinski definition) is 1. The van der Waals surface area contributed by atoms with Crippen molar-refractivity contribution in [3.8, 4) is 5.75 Å². The van der Waals surface area contributed by atoms with Crippen molar-refractivity contribution in [2.75, 3.05) is 7.11 Å². The number of rotatable bonds is 1. The van der Waals surface area contributed by atoms with E-state index in [1.165, 1.54) is 7.11 Å². The van der Waals surface area contributed by atoms with Gasteiger partial charge in [0.25, 0.3) is 0 Å². The highest BCUT2D eigenvalue weighted by atomic mass is 16.5. The molecule has 4 aliphatic rings. The number of carbonyl (C=O) groups excluding carboxylic acids is 2. The van der Waals surface area contributed by atoms with Gasteiger partial charge in [-0.3, -0.25) is 4.79 Å². The molecular formula is C28H38O5. The molecule has 1 aromatic rings. The van der Waals surface area contributed by atoms with Crippen LogP contribution in [0.2, 0.25) is 0 Å². The molecule has 1 aromatic carbocycles. The van der Waals surface area contributed by atoms with Crippen LogP contribution in [0, 0.1) is 34.0 Å². The summed E-state index contributed by atoms with van der Waals surface area (Å²) in [6.45, 7) is 11.1. The number of carbonyl (C=O) groups is 2. The fourth-order valence-electron chi connectivity index (χ4n) is 8.96. The molecule has 5 rings (SSSR count). The predicted molar refractivity (Wildman–Crippen MR) is 125 cm³/mol. The van der Waals surface area contributed by atoms with Crippen molar-refractivity contribution in [3.05, 3.63) is 29.3 Å². The van der Waals surface area contributed by atoms with E-state index in [-0.39, 0.29) is 40.2 Å². The molecule has 0 spiro atoms. The van der Waals surface area contributed by atoms with Gasteiger partial charge in [0.15, 0.2) is 0 Å². The van der Waals surface area contributed by atoms with Crippen molar-refractivity contribution in [1.29, 1.82) is 0 Å². The van der Waals surface area contributed by atoms with Crippen molar-refractivity contribution in [2.24, 2.45) is 34.0 Å². The molecule has 0 radical (unpaired) electrons. The standard InChI is InChI=1S/C28H38O5/c1-25(2)11-10-22(30)28(5)20-9-12-27(4)21(26(20,3)15-18(29)23(25)28)14-17-13-16(24(31)32-6)7-8-19(17)33-27/h7-8,13,20-23,30H,9-12,14-15H2,1-6H3/t20-,21-,22+,23-,26+,27-,28-/m0/s1. The number of ether oxygens (including phenoxy) is 2. The molecule has 3 saturated carbocycles. The van der Waals surface area contributed by atoms with Crippen LogP contribution >= 0.6 is 0 Å². The second-order valence-electron chi connectivity index (χ2n) is 12.6. The third kappa shape index (κ3) is 3.00. The van der Waals surface area contributed by atoms with Gasteiger partial charge in [0, 0.05) is 23.7 Å². The van der Waals surface area contributed by atoms with Gasteiger partial charge in [-0.1, -0.05) is 27.7 Å². The lowest BCUT2D eigenvalue weighted by Crippen LogP contribution is -2.69. The van der Waals surface area contributed by atoms with Crippen LogP contribution < -0.4 is 4.74 Å². The van der Waals surface area contributed by atoms with Crippen LogP contribution in [0.4, 0.5) is 0 Å². The van der Waals surface area contributed by atoms with Gasteiger partial charge >= 0.3 is 5.97 Å². The monoisotopic (exact) mass is 454 g/mol. The van der Waals surface area contributed by atoms with E-state index in [0.29, 0.717) is 17.8 Å². The Kier molecular flexibility index (Phi) is 4.90. The molecule has 0 saturated heterocycles. The summed E-state index contributed by atoms with van der Waals surface area (Å²) >= 11 is 0. The molecule has 1 heterocycles. The zero-order valence-electron chi connectivity index (χ0n) is 20.9. The SMILES string of the molecule is COC(=O)c1ccc2c(c1)C[C@H]1[C@]3(C)CC(=O)[C@H]4C(C)(C)CC[C@@H](O)[C@]4(C)[C@H]3CC[C@]1(C)O2. The van der Waals surface area contributed by atoms with Gasteiger partial charge in [0.1, 0.15) is 17.1 Å².